The molecule has 0 aliphatic heterocycles. The minimum absolute atomic E-state index is 0.272. The standard InChI is InChI=1S/C16H13NO2.C7H8/c1-12-6-2-5-9-16(12)19-11-13-7-3-4-8-14(13)15(18)10-17;1-7-5-3-2-4-6-7/h2-9H,11H2,1H3;2-6H,1H3. The van der Waals surface area contributed by atoms with E-state index >= 15 is 0 Å². The quantitative estimate of drug-likeness (QED) is 0.478. The molecule has 26 heavy (non-hydrogen) atoms. The molecule has 0 aliphatic rings. The van der Waals surface area contributed by atoms with Crippen LogP contribution in [0.15, 0.2) is 78.9 Å². The van der Waals surface area contributed by atoms with Gasteiger partial charge in [0.15, 0.2) is 0 Å². The third kappa shape index (κ3) is 5.61. The van der Waals surface area contributed by atoms with Crippen molar-refractivity contribution in [3.63, 3.8) is 0 Å². The largest absolute Gasteiger partial charge is 0.489 e. The fourth-order valence-electron chi connectivity index (χ4n) is 2.34. The first kappa shape index (κ1) is 19.0. The molecule has 0 N–H and O–H groups in total. The minimum atomic E-state index is -0.538. The molecule has 0 saturated heterocycles. The fourth-order valence-corrected chi connectivity index (χ4v) is 2.34. The van der Waals surface area contributed by atoms with Crippen LogP contribution >= 0.6 is 0 Å². The maximum absolute atomic E-state index is 11.5. The van der Waals surface area contributed by atoms with E-state index < -0.39 is 5.78 Å². The van der Waals surface area contributed by atoms with E-state index in [0.717, 1.165) is 16.9 Å². The van der Waals surface area contributed by atoms with Gasteiger partial charge >= 0.3 is 0 Å². The molecule has 0 saturated carbocycles. The highest BCUT2D eigenvalue weighted by Gasteiger charge is 2.10. The lowest BCUT2D eigenvalue weighted by atomic mass is 10.1. The van der Waals surface area contributed by atoms with Crippen molar-refractivity contribution < 1.29 is 9.53 Å². The van der Waals surface area contributed by atoms with Crippen LogP contribution in [0, 0.1) is 25.2 Å². The van der Waals surface area contributed by atoms with Crippen LogP contribution in [-0.4, -0.2) is 5.78 Å². The molecule has 0 atom stereocenters. The molecule has 3 aromatic rings. The molecule has 0 unspecified atom stereocenters. The number of ketones is 1. The molecule has 130 valence electrons. The Balaban J connectivity index is 0.000000290. The third-order valence-electron chi connectivity index (χ3n) is 3.78. The Morgan fingerprint density at radius 2 is 1.50 bits per heavy atom. The van der Waals surface area contributed by atoms with Gasteiger partial charge in [0.2, 0.25) is 0 Å². The Kier molecular flexibility index (Phi) is 7.15. The second kappa shape index (κ2) is 9.80. The number of hydrogen-bond acceptors (Lipinski definition) is 3. The fraction of sp³-hybridized carbons (Fsp3) is 0.130. The number of nitrogens with zero attached hydrogens (tertiary/aromatic N) is 1. The number of para-hydroxylation sites is 1. The van der Waals surface area contributed by atoms with Crippen molar-refractivity contribution in [3.05, 3.63) is 101 Å². The highest BCUT2D eigenvalue weighted by atomic mass is 16.5. The predicted octanol–water partition coefficient (Wildman–Crippen LogP) is 5.28. The highest BCUT2D eigenvalue weighted by Crippen LogP contribution is 2.19. The van der Waals surface area contributed by atoms with E-state index in [1.54, 1.807) is 24.3 Å². The number of aryl methyl sites for hydroxylation is 2. The topological polar surface area (TPSA) is 50.1 Å². The van der Waals surface area contributed by atoms with Gasteiger partial charge in [-0.3, -0.25) is 4.79 Å². The van der Waals surface area contributed by atoms with Gasteiger partial charge in [0, 0.05) is 11.1 Å². The molecule has 3 nitrogen and oxygen atoms in total. The van der Waals surface area contributed by atoms with E-state index in [-0.39, 0.29) is 6.61 Å². The number of carbonyl (C=O) groups is 1. The summed E-state index contributed by atoms with van der Waals surface area (Å²) in [6.07, 6.45) is 0. The van der Waals surface area contributed by atoms with Gasteiger partial charge in [-0.15, -0.1) is 0 Å². The van der Waals surface area contributed by atoms with Crippen molar-refractivity contribution in [2.24, 2.45) is 0 Å². The van der Waals surface area contributed by atoms with Crippen LogP contribution in [0.2, 0.25) is 0 Å². The van der Waals surface area contributed by atoms with Crippen LogP contribution in [0.3, 0.4) is 0 Å². The van der Waals surface area contributed by atoms with Crippen LogP contribution in [0.1, 0.15) is 27.0 Å². The first-order chi connectivity index (χ1) is 12.6. The van der Waals surface area contributed by atoms with Crippen LogP contribution < -0.4 is 4.74 Å². The highest BCUT2D eigenvalue weighted by molar-refractivity contribution is 6.08. The Morgan fingerprint density at radius 3 is 2.12 bits per heavy atom. The summed E-state index contributed by atoms with van der Waals surface area (Å²) in [7, 11) is 0. The maximum atomic E-state index is 11.5. The van der Waals surface area contributed by atoms with E-state index in [1.807, 2.05) is 55.5 Å². The van der Waals surface area contributed by atoms with Gasteiger partial charge in [-0.1, -0.05) is 72.3 Å². The minimum Gasteiger partial charge on any atom is -0.489 e. The second-order valence-electron chi connectivity index (χ2n) is 5.81. The monoisotopic (exact) mass is 343 g/mol. The Labute approximate surface area is 154 Å². The number of ether oxygens (including phenoxy) is 1. The number of Topliss-reactive ketones (excluding diaryl/α,β-unsaturated/α-hetero) is 1. The van der Waals surface area contributed by atoms with Crippen molar-refractivity contribution in [1.29, 1.82) is 5.26 Å². The van der Waals surface area contributed by atoms with Gasteiger partial charge in [0.25, 0.3) is 5.78 Å². The maximum Gasteiger partial charge on any atom is 0.262 e. The summed E-state index contributed by atoms with van der Waals surface area (Å²) in [5.74, 6) is 0.241. The smallest absolute Gasteiger partial charge is 0.262 e. The van der Waals surface area contributed by atoms with Gasteiger partial charge in [0.1, 0.15) is 18.4 Å². The van der Waals surface area contributed by atoms with E-state index in [1.165, 1.54) is 5.56 Å². The average Bonchev–Trinajstić information content (AvgIpc) is 2.68. The summed E-state index contributed by atoms with van der Waals surface area (Å²) in [6.45, 7) is 4.32. The zero-order valence-corrected chi connectivity index (χ0v) is 15.0. The van der Waals surface area contributed by atoms with Gasteiger partial charge in [-0.25, -0.2) is 0 Å². The number of carbonyl (C=O) groups excluding carboxylic acids is 1. The lowest BCUT2D eigenvalue weighted by Crippen LogP contribution is -2.05. The summed E-state index contributed by atoms with van der Waals surface area (Å²) >= 11 is 0. The molecule has 0 radical (unpaired) electrons. The lowest BCUT2D eigenvalue weighted by Gasteiger charge is -2.10. The van der Waals surface area contributed by atoms with Crippen LogP contribution in [0.4, 0.5) is 0 Å². The lowest BCUT2D eigenvalue weighted by molar-refractivity contribution is 0.105. The first-order valence-corrected chi connectivity index (χ1v) is 8.34. The molecule has 0 fully saturated rings. The SMILES string of the molecule is Cc1ccccc1.Cc1ccccc1OCc1ccccc1C(=O)C#N. The third-order valence-corrected chi connectivity index (χ3v) is 3.78. The summed E-state index contributed by atoms with van der Waals surface area (Å²) in [4.78, 5) is 11.5. The summed E-state index contributed by atoms with van der Waals surface area (Å²) in [6, 6.07) is 26.6. The predicted molar refractivity (Wildman–Crippen MR) is 103 cm³/mol. The average molecular weight is 343 g/mol. The Morgan fingerprint density at radius 1 is 0.885 bits per heavy atom. The van der Waals surface area contributed by atoms with Crippen LogP contribution in [0.25, 0.3) is 0 Å². The molecular formula is C23H21NO2. The van der Waals surface area contributed by atoms with Gasteiger partial charge in [0.05, 0.1) is 0 Å². The number of nitriles is 1. The number of hydrogen-bond donors (Lipinski definition) is 0. The molecule has 0 spiro atoms. The van der Waals surface area contributed by atoms with E-state index in [0.29, 0.717) is 5.56 Å². The Hall–Kier alpha value is -3.38. The summed E-state index contributed by atoms with van der Waals surface area (Å²) in [5, 5.41) is 8.70. The van der Waals surface area contributed by atoms with E-state index in [2.05, 4.69) is 19.1 Å². The van der Waals surface area contributed by atoms with E-state index in [9.17, 15) is 4.79 Å². The molecule has 0 aliphatic carbocycles. The summed E-state index contributed by atoms with van der Waals surface area (Å²) < 4.78 is 5.70. The van der Waals surface area contributed by atoms with Gasteiger partial charge in [-0.05, 0) is 31.5 Å². The van der Waals surface area contributed by atoms with Crippen molar-refractivity contribution >= 4 is 5.78 Å². The van der Waals surface area contributed by atoms with Gasteiger partial charge in [-0.2, -0.15) is 5.26 Å². The Bertz CT molecular complexity index is 895. The molecule has 0 bridgehead atoms. The zero-order chi connectivity index (χ0) is 18.8. The van der Waals surface area contributed by atoms with Crippen molar-refractivity contribution in [2.75, 3.05) is 0 Å². The van der Waals surface area contributed by atoms with Crippen molar-refractivity contribution in [2.45, 2.75) is 20.5 Å². The summed E-state index contributed by atoms with van der Waals surface area (Å²) in [5.41, 5.74) is 3.48. The normalized spacial score (nSPS) is 9.42. The molecule has 3 rings (SSSR count). The zero-order valence-electron chi connectivity index (χ0n) is 15.0. The number of rotatable bonds is 4. The first-order valence-electron chi connectivity index (χ1n) is 8.34. The number of benzene rings is 3. The van der Waals surface area contributed by atoms with Crippen molar-refractivity contribution in [3.8, 4) is 11.8 Å². The van der Waals surface area contributed by atoms with Crippen LogP contribution in [0.5, 0.6) is 5.75 Å². The van der Waals surface area contributed by atoms with Crippen LogP contribution in [-0.2, 0) is 6.61 Å². The molecule has 3 aromatic carbocycles. The molecule has 0 amide bonds. The second-order valence-corrected chi connectivity index (χ2v) is 5.81. The molecule has 0 heterocycles. The molecule has 0 aromatic heterocycles. The molecular weight excluding hydrogens is 322 g/mol. The van der Waals surface area contributed by atoms with E-state index in [4.69, 9.17) is 10.00 Å². The van der Waals surface area contributed by atoms with Gasteiger partial charge < -0.3 is 4.74 Å². The van der Waals surface area contributed by atoms with Crippen molar-refractivity contribution in [1.82, 2.24) is 0 Å². The molecule has 3 heteroatoms.